The van der Waals surface area contributed by atoms with Gasteiger partial charge in [0.2, 0.25) is 0 Å². The van der Waals surface area contributed by atoms with Crippen molar-refractivity contribution in [1.82, 2.24) is 24.7 Å². The summed E-state index contributed by atoms with van der Waals surface area (Å²) in [6.45, 7) is 1.78. The average Bonchev–Trinajstić information content (AvgIpc) is 3.08. The van der Waals surface area contributed by atoms with Gasteiger partial charge in [0.15, 0.2) is 11.5 Å². The number of hydrogen-bond acceptors (Lipinski definition) is 6. The smallest absolute Gasteiger partial charge is 0.164 e. The first-order valence-electron chi connectivity index (χ1n) is 9.15. The Labute approximate surface area is 153 Å². The van der Waals surface area contributed by atoms with Crippen LogP contribution in [0.15, 0.2) is 30.7 Å². The van der Waals surface area contributed by atoms with E-state index in [1.54, 1.807) is 17.1 Å². The highest BCUT2D eigenvalue weighted by atomic mass is 16.5. The average molecular weight is 352 g/mol. The summed E-state index contributed by atoms with van der Waals surface area (Å²) in [5.74, 6) is 1.60. The highest BCUT2D eigenvalue weighted by Crippen LogP contribution is 2.27. The van der Waals surface area contributed by atoms with E-state index in [-0.39, 0.29) is 0 Å². The first kappa shape index (κ1) is 16.9. The van der Waals surface area contributed by atoms with E-state index in [9.17, 15) is 0 Å². The summed E-state index contributed by atoms with van der Waals surface area (Å²) in [7, 11) is 3.99. The fourth-order valence-corrected chi connectivity index (χ4v) is 3.41. The van der Waals surface area contributed by atoms with Crippen molar-refractivity contribution in [2.75, 3.05) is 25.1 Å². The third-order valence-corrected chi connectivity index (χ3v) is 4.93. The van der Waals surface area contributed by atoms with Gasteiger partial charge in [0.1, 0.15) is 5.82 Å². The van der Waals surface area contributed by atoms with Gasteiger partial charge in [-0.25, -0.2) is 9.97 Å². The van der Waals surface area contributed by atoms with Crippen LogP contribution in [0.4, 0.5) is 5.82 Å². The summed E-state index contributed by atoms with van der Waals surface area (Å²) in [4.78, 5) is 15.8. The molecule has 0 bridgehead atoms. The number of rotatable bonds is 5. The Balaban J connectivity index is 1.64. The van der Waals surface area contributed by atoms with Crippen LogP contribution in [0.1, 0.15) is 25.7 Å². The largest absolute Gasteiger partial charge is 0.378 e. The van der Waals surface area contributed by atoms with Gasteiger partial charge in [-0.3, -0.25) is 9.67 Å². The van der Waals surface area contributed by atoms with Crippen molar-refractivity contribution < 1.29 is 4.74 Å². The Hall–Kier alpha value is -2.54. The van der Waals surface area contributed by atoms with Gasteiger partial charge in [0, 0.05) is 45.2 Å². The first-order chi connectivity index (χ1) is 12.7. The fraction of sp³-hybridized carbons (Fsp3) is 0.474. The molecule has 4 heterocycles. The van der Waals surface area contributed by atoms with Crippen LogP contribution in [-0.4, -0.2) is 51.0 Å². The molecular formula is C19H24N6O. The molecule has 0 aromatic carbocycles. The number of fused-ring (bicyclic) bond motifs is 1. The zero-order valence-corrected chi connectivity index (χ0v) is 15.3. The monoisotopic (exact) mass is 352 g/mol. The number of pyridine rings is 1. The first-order valence-corrected chi connectivity index (χ1v) is 9.15. The zero-order chi connectivity index (χ0) is 17.9. The van der Waals surface area contributed by atoms with Crippen LogP contribution in [0.3, 0.4) is 0 Å². The molecule has 1 fully saturated rings. The summed E-state index contributed by atoms with van der Waals surface area (Å²) in [5.41, 5.74) is 1.79. The molecular weight excluding hydrogens is 328 g/mol. The molecule has 1 atom stereocenters. The van der Waals surface area contributed by atoms with Crippen molar-refractivity contribution in [3.8, 4) is 11.4 Å². The second-order valence-corrected chi connectivity index (χ2v) is 6.81. The Bertz CT molecular complexity index is 872. The highest BCUT2D eigenvalue weighted by molar-refractivity contribution is 5.88. The number of aromatic nitrogens is 5. The maximum absolute atomic E-state index is 5.87. The minimum atomic E-state index is 0.358. The molecule has 0 saturated carbocycles. The Morgan fingerprint density at radius 3 is 2.85 bits per heavy atom. The Morgan fingerprint density at radius 2 is 2.08 bits per heavy atom. The molecule has 136 valence electrons. The van der Waals surface area contributed by atoms with Crippen LogP contribution < -0.4 is 4.90 Å². The molecule has 0 N–H and O–H groups in total. The molecule has 0 aliphatic carbocycles. The van der Waals surface area contributed by atoms with Gasteiger partial charge in [0.25, 0.3) is 0 Å². The van der Waals surface area contributed by atoms with Crippen LogP contribution in [-0.2, 0) is 11.8 Å². The third-order valence-electron chi connectivity index (χ3n) is 4.93. The molecule has 1 aliphatic heterocycles. The summed E-state index contributed by atoms with van der Waals surface area (Å²) < 4.78 is 7.66. The van der Waals surface area contributed by atoms with Gasteiger partial charge in [0.05, 0.1) is 17.7 Å². The van der Waals surface area contributed by atoms with Gasteiger partial charge in [-0.1, -0.05) is 0 Å². The molecule has 0 unspecified atom stereocenters. The second-order valence-electron chi connectivity index (χ2n) is 6.81. The van der Waals surface area contributed by atoms with Crippen molar-refractivity contribution in [3.05, 3.63) is 30.7 Å². The molecule has 4 rings (SSSR count). The fourth-order valence-electron chi connectivity index (χ4n) is 3.41. The van der Waals surface area contributed by atoms with E-state index in [2.05, 4.69) is 22.0 Å². The lowest BCUT2D eigenvalue weighted by atomic mass is 10.1. The molecule has 0 radical (unpaired) electrons. The van der Waals surface area contributed by atoms with E-state index in [0.717, 1.165) is 48.4 Å². The molecule has 0 spiro atoms. The second kappa shape index (κ2) is 7.37. The van der Waals surface area contributed by atoms with Crippen molar-refractivity contribution in [3.63, 3.8) is 0 Å². The number of aryl methyl sites for hydroxylation is 1. The van der Waals surface area contributed by atoms with Gasteiger partial charge in [-0.2, -0.15) is 5.10 Å². The van der Waals surface area contributed by atoms with Crippen LogP contribution in [0.25, 0.3) is 22.4 Å². The minimum Gasteiger partial charge on any atom is -0.378 e. The van der Waals surface area contributed by atoms with Crippen LogP contribution >= 0.6 is 0 Å². The standard InChI is InChI=1S/C19H24N6O/c1-24(11-8-15-5-3-4-12-26-15)18-16-13-21-25(2)19(16)23-17(22-18)14-6-9-20-10-7-14/h6-7,9-10,13,15H,3-5,8,11-12H2,1-2H3/t15-/m1/s1. The SMILES string of the molecule is CN(CC[C@H]1CCCCO1)c1nc(-c2ccncc2)nc2c1cnn2C. The van der Waals surface area contributed by atoms with E-state index in [1.807, 2.05) is 25.4 Å². The number of nitrogens with zero attached hydrogens (tertiary/aromatic N) is 6. The topological polar surface area (TPSA) is 69.0 Å². The lowest BCUT2D eigenvalue weighted by molar-refractivity contribution is 0.0127. The molecule has 3 aromatic heterocycles. The minimum absolute atomic E-state index is 0.358. The Morgan fingerprint density at radius 1 is 1.23 bits per heavy atom. The maximum atomic E-state index is 5.87. The van der Waals surface area contributed by atoms with E-state index >= 15 is 0 Å². The van der Waals surface area contributed by atoms with Crippen molar-refractivity contribution in [2.24, 2.45) is 7.05 Å². The lowest BCUT2D eigenvalue weighted by Gasteiger charge is -2.26. The Kier molecular flexibility index (Phi) is 4.79. The third kappa shape index (κ3) is 3.39. The highest BCUT2D eigenvalue weighted by Gasteiger charge is 2.18. The van der Waals surface area contributed by atoms with E-state index in [4.69, 9.17) is 14.7 Å². The van der Waals surface area contributed by atoms with Crippen LogP contribution in [0.5, 0.6) is 0 Å². The van der Waals surface area contributed by atoms with E-state index < -0.39 is 0 Å². The summed E-state index contributed by atoms with van der Waals surface area (Å²) in [6, 6.07) is 3.86. The zero-order valence-electron chi connectivity index (χ0n) is 15.3. The number of ether oxygens (including phenoxy) is 1. The van der Waals surface area contributed by atoms with E-state index in [0.29, 0.717) is 11.9 Å². The molecule has 7 heteroatoms. The number of anilines is 1. The van der Waals surface area contributed by atoms with Gasteiger partial charge in [-0.05, 0) is 37.8 Å². The van der Waals surface area contributed by atoms with Crippen molar-refractivity contribution in [1.29, 1.82) is 0 Å². The normalized spacial score (nSPS) is 17.5. The summed E-state index contributed by atoms with van der Waals surface area (Å²) in [6.07, 6.45) is 10.3. The summed E-state index contributed by atoms with van der Waals surface area (Å²) >= 11 is 0. The van der Waals surface area contributed by atoms with Crippen LogP contribution in [0, 0.1) is 0 Å². The predicted molar refractivity (Wildman–Crippen MR) is 101 cm³/mol. The van der Waals surface area contributed by atoms with Gasteiger partial charge in [-0.15, -0.1) is 0 Å². The maximum Gasteiger partial charge on any atom is 0.164 e. The van der Waals surface area contributed by atoms with Crippen molar-refractivity contribution >= 4 is 16.9 Å². The molecule has 3 aromatic rings. The predicted octanol–water partition coefficient (Wildman–Crippen LogP) is 2.82. The van der Waals surface area contributed by atoms with Crippen molar-refractivity contribution in [2.45, 2.75) is 31.8 Å². The van der Waals surface area contributed by atoms with Crippen LogP contribution in [0.2, 0.25) is 0 Å². The van der Waals surface area contributed by atoms with Gasteiger partial charge < -0.3 is 9.64 Å². The molecule has 0 amide bonds. The molecule has 1 aliphatic rings. The quantitative estimate of drug-likeness (QED) is 0.703. The summed E-state index contributed by atoms with van der Waals surface area (Å²) in [5, 5.41) is 5.34. The molecule has 1 saturated heterocycles. The molecule has 26 heavy (non-hydrogen) atoms. The van der Waals surface area contributed by atoms with Gasteiger partial charge >= 0.3 is 0 Å². The molecule has 7 nitrogen and oxygen atoms in total. The number of hydrogen-bond donors (Lipinski definition) is 0. The lowest BCUT2D eigenvalue weighted by Crippen LogP contribution is -2.27. The van der Waals surface area contributed by atoms with E-state index in [1.165, 1.54) is 12.8 Å².